The molecule has 31 heavy (non-hydrogen) atoms. The predicted octanol–water partition coefficient (Wildman–Crippen LogP) is 3.26. The van der Waals surface area contributed by atoms with Crippen molar-refractivity contribution < 1.29 is 14.6 Å². The summed E-state index contributed by atoms with van der Waals surface area (Å²) < 4.78 is 9.30. The molecule has 8 heteroatoms. The summed E-state index contributed by atoms with van der Waals surface area (Å²) in [6, 6.07) is 18.6. The van der Waals surface area contributed by atoms with E-state index >= 15 is 0 Å². The molecular weight excluding hydrogens is 396 g/mol. The van der Waals surface area contributed by atoms with Gasteiger partial charge in [-0.05, 0) is 29.8 Å². The molecule has 0 spiro atoms. The van der Waals surface area contributed by atoms with Crippen LogP contribution in [0.5, 0.6) is 5.75 Å². The Bertz CT molecular complexity index is 1330. The Morgan fingerprint density at radius 2 is 1.90 bits per heavy atom. The molecule has 0 saturated heterocycles. The number of nitrogens with zero attached hydrogens (tertiary/aromatic N) is 4. The van der Waals surface area contributed by atoms with Gasteiger partial charge in [0.15, 0.2) is 0 Å². The van der Waals surface area contributed by atoms with E-state index < -0.39 is 6.09 Å². The van der Waals surface area contributed by atoms with Gasteiger partial charge in [0, 0.05) is 25.4 Å². The second-order valence-electron chi connectivity index (χ2n) is 7.40. The van der Waals surface area contributed by atoms with Crippen LogP contribution < -0.4 is 10.3 Å². The van der Waals surface area contributed by atoms with Crippen LogP contribution in [0.15, 0.2) is 71.7 Å². The molecule has 3 heterocycles. The van der Waals surface area contributed by atoms with Crippen LogP contribution in [0.1, 0.15) is 11.4 Å². The third kappa shape index (κ3) is 3.63. The number of hydrogen-bond acceptors (Lipinski definition) is 4. The zero-order valence-electron chi connectivity index (χ0n) is 16.6. The molecule has 156 valence electrons. The summed E-state index contributed by atoms with van der Waals surface area (Å²) in [6.45, 7) is 1.64. The van der Waals surface area contributed by atoms with E-state index in [0.29, 0.717) is 37.0 Å². The number of pyridine rings is 1. The molecule has 5 rings (SSSR count). The number of benzene rings is 2. The van der Waals surface area contributed by atoms with Crippen LogP contribution in [-0.4, -0.2) is 36.8 Å². The third-order valence-electron chi connectivity index (χ3n) is 5.42. The summed E-state index contributed by atoms with van der Waals surface area (Å²) in [5.41, 5.74) is 3.18. The van der Waals surface area contributed by atoms with E-state index in [4.69, 9.17) is 4.74 Å². The largest absolute Gasteiger partial charge is 0.489 e. The van der Waals surface area contributed by atoms with E-state index in [9.17, 15) is 14.7 Å². The zero-order chi connectivity index (χ0) is 21.4. The number of rotatable bonds is 4. The van der Waals surface area contributed by atoms with Crippen LogP contribution in [0.3, 0.4) is 0 Å². The smallest absolute Gasteiger partial charge is 0.407 e. The normalized spacial score (nSPS) is 13.2. The van der Waals surface area contributed by atoms with Crippen LogP contribution in [0.2, 0.25) is 0 Å². The Morgan fingerprint density at radius 3 is 2.68 bits per heavy atom. The lowest BCUT2D eigenvalue weighted by atomic mass is 10.2. The standard InChI is InChI=1S/C23H20N4O4/c28-22-13-18(31-15-16-4-2-1-3-5-16)8-9-26(22)17-6-7-20-19(12-17)24-21-14-25(23(29)30)10-11-27(20)21/h1-9,12-13H,10-11,14-15H2,(H,29,30). The van der Waals surface area contributed by atoms with Crippen LogP contribution in [0.25, 0.3) is 16.7 Å². The van der Waals surface area contributed by atoms with Crippen molar-refractivity contribution in [1.29, 1.82) is 0 Å². The molecule has 0 aliphatic carbocycles. The van der Waals surface area contributed by atoms with Crippen molar-refractivity contribution in [2.24, 2.45) is 0 Å². The van der Waals surface area contributed by atoms with Crippen molar-refractivity contribution in [3.8, 4) is 11.4 Å². The molecule has 2 aromatic heterocycles. The third-order valence-corrected chi connectivity index (χ3v) is 5.42. The number of aromatic nitrogens is 3. The maximum absolute atomic E-state index is 12.7. The first-order valence-electron chi connectivity index (χ1n) is 9.95. The Hall–Kier alpha value is -4.07. The number of imidazole rings is 1. The molecule has 0 radical (unpaired) electrons. The highest BCUT2D eigenvalue weighted by Crippen LogP contribution is 2.23. The van der Waals surface area contributed by atoms with Gasteiger partial charge in [0.25, 0.3) is 5.56 Å². The van der Waals surface area contributed by atoms with Crippen molar-refractivity contribution in [2.75, 3.05) is 6.54 Å². The minimum Gasteiger partial charge on any atom is -0.489 e. The zero-order valence-corrected chi connectivity index (χ0v) is 16.6. The molecule has 0 saturated carbocycles. The molecule has 0 unspecified atom stereocenters. The van der Waals surface area contributed by atoms with Crippen LogP contribution in [-0.2, 0) is 19.7 Å². The van der Waals surface area contributed by atoms with E-state index in [-0.39, 0.29) is 12.1 Å². The molecule has 0 atom stereocenters. The van der Waals surface area contributed by atoms with Crippen LogP contribution >= 0.6 is 0 Å². The van der Waals surface area contributed by atoms with Crippen LogP contribution in [0, 0.1) is 0 Å². The lowest BCUT2D eigenvalue weighted by molar-refractivity contribution is 0.132. The highest BCUT2D eigenvalue weighted by atomic mass is 16.5. The fourth-order valence-corrected chi connectivity index (χ4v) is 3.83. The quantitative estimate of drug-likeness (QED) is 0.552. The van der Waals surface area contributed by atoms with E-state index in [1.165, 1.54) is 15.5 Å². The molecule has 1 aliphatic heterocycles. The van der Waals surface area contributed by atoms with Gasteiger partial charge in [0.2, 0.25) is 0 Å². The number of amides is 1. The Morgan fingerprint density at radius 1 is 1.06 bits per heavy atom. The lowest BCUT2D eigenvalue weighted by Gasteiger charge is -2.25. The summed E-state index contributed by atoms with van der Waals surface area (Å²) in [5.74, 6) is 1.22. The van der Waals surface area contributed by atoms with Gasteiger partial charge >= 0.3 is 6.09 Å². The highest BCUT2D eigenvalue weighted by Gasteiger charge is 2.23. The molecule has 0 fully saturated rings. The number of carbonyl (C=O) groups is 1. The molecular formula is C23H20N4O4. The molecule has 8 nitrogen and oxygen atoms in total. The van der Waals surface area contributed by atoms with Crippen molar-refractivity contribution in [3.05, 3.63) is 88.6 Å². The highest BCUT2D eigenvalue weighted by molar-refractivity contribution is 5.79. The molecule has 1 amide bonds. The maximum atomic E-state index is 12.7. The Labute approximate surface area is 177 Å². The first-order chi connectivity index (χ1) is 15.1. The number of ether oxygens (including phenoxy) is 1. The van der Waals surface area contributed by atoms with Gasteiger partial charge < -0.3 is 14.4 Å². The monoisotopic (exact) mass is 416 g/mol. The first kappa shape index (κ1) is 18.9. The topological polar surface area (TPSA) is 89.6 Å². The minimum absolute atomic E-state index is 0.203. The summed E-state index contributed by atoms with van der Waals surface area (Å²) in [5, 5.41) is 9.23. The average molecular weight is 416 g/mol. The second kappa shape index (κ2) is 7.64. The Balaban J connectivity index is 1.40. The van der Waals surface area contributed by atoms with E-state index in [2.05, 4.69) is 4.98 Å². The van der Waals surface area contributed by atoms with Crippen molar-refractivity contribution >= 4 is 17.1 Å². The van der Waals surface area contributed by atoms with Gasteiger partial charge in [-0.2, -0.15) is 0 Å². The van der Waals surface area contributed by atoms with Gasteiger partial charge in [-0.3, -0.25) is 14.3 Å². The van der Waals surface area contributed by atoms with E-state index in [1.54, 1.807) is 12.3 Å². The predicted molar refractivity (Wildman–Crippen MR) is 115 cm³/mol. The molecule has 0 bridgehead atoms. The number of carboxylic acid groups (broad SMARTS) is 1. The van der Waals surface area contributed by atoms with Gasteiger partial charge in [-0.1, -0.05) is 30.3 Å². The summed E-state index contributed by atoms with van der Waals surface area (Å²) >= 11 is 0. The second-order valence-corrected chi connectivity index (χ2v) is 7.40. The van der Waals surface area contributed by atoms with E-state index in [1.807, 2.05) is 53.1 Å². The fraction of sp³-hybridized carbons (Fsp3) is 0.174. The SMILES string of the molecule is O=C(O)N1CCn2c(nc3cc(-n4ccc(OCc5ccccc5)cc4=O)ccc32)C1. The first-order valence-corrected chi connectivity index (χ1v) is 9.95. The van der Waals surface area contributed by atoms with Crippen LogP contribution in [0.4, 0.5) is 4.79 Å². The van der Waals surface area contributed by atoms with Gasteiger partial charge in [0.1, 0.15) is 18.2 Å². The van der Waals surface area contributed by atoms with Crippen molar-refractivity contribution in [1.82, 2.24) is 19.0 Å². The lowest BCUT2D eigenvalue weighted by Crippen LogP contribution is -2.37. The van der Waals surface area contributed by atoms with Gasteiger partial charge in [-0.15, -0.1) is 0 Å². The summed E-state index contributed by atoms with van der Waals surface area (Å²) in [7, 11) is 0. The van der Waals surface area contributed by atoms with E-state index in [0.717, 1.165) is 16.6 Å². The van der Waals surface area contributed by atoms with Gasteiger partial charge in [-0.25, -0.2) is 9.78 Å². The molecule has 2 aromatic carbocycles. The molecule has 1 aliphatic rings. The van der Waals surface area contributed by atoms with Crippen molar-refractivity contribution in [3.63, 3.8) is 0 Å². The minimum atomic E-state index is -0.944. The van der Waals surface area contributed by atoms with Gasteiger partial charge in [0.05, 0.1) is 23.3 Å². The summed E-state index contributed by atoms with van der Waals surface area (Å²) in [4.78, 5) is 29.9. The molecule has 4 aromatic rings. The number of hydrogen-bond donors (Lipinski definition) is 1. The number of fused-ring (bicyclic) bond motifs is 3. The molecule has 1 N–H and O–H groups in total. The maximum Gasteiger partial charge on any atom is 0.407 e. The Kier molecular flexibility index (Phi) is 4.66. The fourth-order valence-electron chi connectivity index (χ4n) is 3.83. The average Bonchev–Trinajstić information content (AvgIpc) is 3.15. The summed E-state index contributed by atoms with van der Waals surface area (Å²) in [6.07, 6.45) is 0.742. The van der Waals surface area contributed by atoms with Crippen molar-refractivity contribution in [2.45, 2.75) is 19.7 Å².